The van der Waals surface area contributed by atoms with Crippen LogP contribution < -0.4 is 9.47 Å². The predicted octanol–water partition coefficient (Wildman–Crippen LogP) is 3.93. The number of hydrogen-bond donors (Lipinski definition) is 0. The Kier molecular flexibility index (Phi) is 4.06. The number of fused-ring (bicyclic) bond motifs is 3. The highest BCUT2D eigenvalue weighted by atomic mass is 16.6. The normalized spacial score (nSPS) is 26.2. The van der Waals surface area contributed by atoms with Crippen molar-refractivity contribution in [3.63, 3.8) is 0 Å². The van der Waals surface area contributed by atoms with E-state index in [9.17, 15) is 4.79 Å². The van der Waals surface area contributed by atoms with Crippen molar-refractivity contribution in [2.75, 3.05) is 20.8 Å². The largest absolute Gasteiger partial charge is 0.493 e. The lowest BCUT2D eigenvalue weighted by molar-refractivity contribution is 0.00226. The molecule has 2 aliphatic rings. The van der Waals surface area contributed by atoms with Crippen LogP contribution in [-0.2, 0) is 23.1 Å². The van der Waals surface area contributed by atoms with Crippen LogP contribution in [0.1, 0.15) is 30.5 Å². The summed E-state index contributed by atoms with van der Waals surface area (Å²) in [5.74, 6) is 1.38. The van der Waals surface area contributed by atoms with Gasteiger partial charge in [-0.25, -0.2) is 4.79 Å². The van der Waals surface area contributed by atoms with Crippen LogP contribution in [0.3, 0.4) is 0 Å². The first-order chi connectivity index (χ1) is 12.9. The molecular weight excluding hydrogens is 342 g/mol. The van der Waals surface area contributed by atoms with Gasteiger partial charge in [-0.05, 0) is 49.1 Å². The molecule has 0 aromatic heterocycles. The van der Waals surface area contributed by atoms with Crippen LogP contribution in [0.5, 0.6) is 11.5 Å². The zero-order chi connectivity index (χ0) is 19.2. The standard InChI is InChI=1S/C22H25NO4/c1-21(14-15-8-6-5-7-9-15)22(2)17-13-19(26-4)18(25-3)12-16(17)10-11-23(22)20(24)27-21/h5-9,12-13H,10-11,14H2,1-4H3/t21-,22-/m1/s1. The minimum atomic E-state index is -0.694. The highest BCUT2D eigenvalue weighted by Crippen LogP contribution is 2.53. The fraction of sp³-hybridized carbons (Fsp3) is 0.409. The van der Waals surface area contributed by atoms with E-state index >= 15 is 0 Å². The maximum Gasteiger partial charge on any atom is 0.411 e. The molecule has 0 aliphatic carbocycles. The van der Waals surface area contributed by atoms with E-state index in [4.69, 9.17) is 14.2 Å². The van der Waals surface area contributed by atoms with Crippen LogP contribution in [-0.4, -0.2) is 37.4 Å². The first kappa shape index (κ1) is 17.7. The van der Waals surface area contributed by atoms with Crippen LogP contribution in [0, 0.1) is 0 Å². The van der Waals surface area contributed by atoms with Crippen LogP contribution >= 0.6 is 0 Å². The molecule has 2 heterocycles. The molecule has 2 aromatic carbocycles. The van der Waals surface area contributed by atoms with E-state index in [2.05, 4.69) is 19.1 Å². The van der Waals surface area contributed by atoms with E-state index in [1.807, 2.05) is 42.2 Å². The van der Waals surface area contributed by atoms with Crippen molar-refractivity contribution in [3.8, 4) is 11.5 Å². The maximum atomic E-state index is 12.8. The van der Waals surface area contributed by atoms with Crippen molar-refractivity contribution in [3.05, 3.63) is 59.2 Å². The van der Waals surface area contributed by atoms with Crippen LogP contribution in [0.25, 0.3) is 0 Å². The fourth-order valence-corrected chi connectivity index (χ4v) is 4.57. The molecule has 0 radical (unpaired) electrons. The Morgan fingerprint density at radius 2 is 1.74 bits per heavy atom. The van der Waals surface area contributed by atoms with Gasteiger partial charge in [0.25, 0.3) is 0 Å². The molecule has 0 saturated carbocycles. The molecule has 1 fully saturated rings. The number of carbonyl (C=O) groups is 1. The Balaban J connectivity index is 1.86. The molecular formula is C22H25NO4. The number of cyclic esters (lactones) is 1. The monoisotopic (exact) mass is 367 g/mol. The Hall–Kier alpha value is -2.69. The van der Waals surface area contributed by atoms with Crippen molar-refractivity contribution in [1.82, 2.24) is 4.90 Å². The maximum absolute atomic E-state index is 12.8. The molecule has 142 valence electrons. The van der Waals surface area contributed by atoms with E-state index in [-0.39, 0.29) is 6.09 Å². The molecule has 2 atom stereocenters. The number of ether oxygens (including phenoxy) is 3. The van der Waals surface area contributed by atoms with E-state index in [0.717, 1.165) is 17.5 Å². The molecule has 0 spiro atoms. The molecule has 1 amide bonds. The van der Waals surface area contributed by atoms with E-state index in [1.54, 1.807) is 14.2 Å². The second-order valence-corrected chi connectivity index (χ2v) is 7.60. The summed E-state index contributed by atoms with van der Waals surface area (Å²) < 4.78 is 17.0. The number of amides is 1. The molecule has 2 aromatic rings. The lowest BCUT2D eigenvalue weighted by Gasteiger charge is -2.46. The zero-order valence-corrected chi connectivity index (χ0v) is 16.2. The van der Waals surface area contributed by atoms with Crippen molar-refractivity contribution < 1.29 is 19.0 Å². The summed E-state index contributed by atoms with van der Waals surface area (Å²) in [4.78, 5) is 14.6. The van der Waals surface area contributed by atoms with Crippen molar-refractivity contribution in [2.24, 2.45) is 0 Å². The Morgan fingerprint density at radius 3 is 2.41 bits per heavy atom. The SMILES string of the molecule is COc1cc2c(cc1OC)[C@@]1(C)N(CC2)C(=O)O[C@]1(C)Cc1ccccc1. The number of nitrogens with zero attached hydrogens (tertiary/aromatic N) is 1. The van der Waals surface area contributed by atoms with Gasteiger partial charge < -0.3 is 14.2 Å². The first-order valence-corrected chi connectivity index (χ1v) is 9.23. The Morgan fingerprint density at radius 1 is 1.07 bits per heavy atom. The zero-order valence-electron chi connectivity index (χ0n) is 16.2. The van der Waals surface area contributed by atoms with Crippen LogP contribution in [0.2, 0.25) is 0 Å². The van der Waals surface area contributed by atoms with Gasteiger partial charge >= 0.3 is 6.09 Å². The molecule has 5 nitrogen and oxygen atoms in total. The quantitative estimate of drug-likeness (QED) is 0.822. The molecule has 5 heteroatoms. The lowest BCUT2D eigenvalue weighted by atomic mass is 9.70. The number of rotatable bonds is 4. The molecule has 27 heavy (non-hydrogen) atoms. The number of benzene rings is 2. The Bertz CT molecular complexity index is 881. The van der Waals surface area contributed by atoms with Crippen LogP contribution in [0.4, 0.5) is 4.79 Å². The minimum absolute atomic E-state index is 0.253. The van der Waals surface area contributed by atoms with Gasteiger partial charge in [-0.15, -0.1) is 0 Å². The van der Waals surface area contributed by atoms with Gasteiger partial charge in [0, 0.05) is 13.0 Å². The van der Waals surface area contributed by atoms with Gasteiger partial charge in [0.15, 0.2) is 11.5 Å². The summed E-state index contributed by atoms with van der Waals surface area (Å²) in [6, 6.07) is 14.2. The summed E-state index contributed by atoms with van der Waals surface area (Å²) in [5, 5.41) is 0. The second-order valence-electron chi connectivity index (χ2n) is 7.60. The summed E-state index contributed by atoms with van der Waals surface area (Å²) in [6.07, 6.45) is 1.15. The molecule has 2 aliphatic heterocycles. The highest BCUT2D eigenvalue weighted by molar-refractivity contribution is 5.75. The number of carbonyl (C=O) groups excluding carboxylic acids is 1. The fourth-order valence-electron chi connectivity index (χ4n) is 4.57. The summed E-state index contributed by atoms with van der Waals surface area (Å²) >= 11 is 0. The predicted molar refractivity (Wildman–Crippen MR) is 102 cm³/mol. The smallest absolute Gasteiger partial charge is 0.411 e. The van der Waals surface area contributed by atoms with Gasteiger partial charge in [0.1, 0.15) is 11.1 Å². The van der Waals surface area contributed by atoms with Crippen molar-refractivity contribution >= 4 is 6.09 Å². The van der Waals surface area contributed by atoms with Crippen molar-refractivity contribution in [2.45, 2.75) is 37.8 Å². The van der Waals surface area contributed by atoms with E-state index in [0.29, 0.717) is 24.5 Å². The topological polar surface area (TPSA) is 48.0 Å². The van der Waals surface area contributed by atoms with Crippen molar-refractivity contribution in [1.29, 1.82) is 0 Å². The van der Waals surface area contributed by atoms with Gasteiger partial charge in [0.2, 0.25) is 0 Å². The average Bonchev–Trinajstić information content (AvgIpc) is 2.87. The summed E-state index contributed by atoms with van der Waals surface area (Å²) in [6.45, 7) is 4.76. The first-order valence-electron chi connectivity index (χ1n) is 9.23. The van der Waals surface area contributed by atoms with Gasteiger partial charge in [-0.3, -0.25) is 4.90 Å². The third-order valence-corrected chi connectivity index (χ3v) is 6.23. The van der Waals surface area contributed by atoms with E-state index < -0.39 is 11.1 Å². The van der Waals surface area contributed by atoms with Crippen LogP contribution in [0.15, 0.2) is 42.5 Å². The van der Waals surface area contributed by atoms with Gasteiger partial charge in [-0.1, -0.05) is 30.3 Å². The molecule has 0 bridgehead atoms. The minimum Gasteiger partial charge on any atom is -0.493 e. The van der Waals surface area contributed by atoms with Gasteiger partial charge in [-0.2, -0.15) is 0 Å². The lowest BCUT2D eigenvalue weighted by Crippen LogP contribution is -2.56. The third kappa shape index (κ3) is 2.48. The number of hydrogen-bond acceptors (Lipinski definition) is 4. The highest BCUT2D eigenvalue weighted by Gasteiger charge is 2.62. The summed E-state index contributed by atoms with van der Waals surface area (Å²) in [7, 11) is 3.27. The molecule has 0 unspecified atom stereocenters. The average molecular weight is 367 g/mol. The molecule has 4 rings (SSSR count). The third-order valence-electron chi connectivity index (χ3n) is 6.23. The second kappa shape index (κ2) is 6.19. The summed E-state index contributed by atoms with van der Waals surface area (Å²) in [5.41, 5.74) is 2.09. The molecule has 0 N–H and O–H groups in total. The molecule has 1 saturated heterocycles. The number of methoxy groups -OCH3 is 2. The van der Waals surface area contributed by atoms with Gasteiger partial charge in [0.05, 0.1) is 14.2 Å². The van der Waals surface area contributed by atoms with E-state index in [1.165, 1.54) is 5.56 Å². The Labute approximate surface area is 159 Å².